The van der Waals surface area contributed by atoms with Crippen LogP contribution in [0.15, 0.2) is 27.1 Å². The maximum atomic E-state index is 12.4. The smallest absolute Gasteiger partial charge is 0.237 e. The van der Waals surface area contributed by atoms with Gasteiger partial charge >= 0.3 is 0 Å². The highest BCUT2D eigenvalue weighted by atomic mass is 79.9. The quantitative estimate of drug-likeness (QED) is 0.817. The number of β-amino-alcohol motifs (C(OH)–C–C–N with tert-alkyl or cyclic N) is 1. The van der Waals surface area contributed by atoms with E-state index in [4.69, 9.17) is 16.0 Å². The molecule has 25 heavy (non-hydrogen) atoms. The third-order valence-electron chi connectivity index (χ3n) is 4.59. The van der Waals surface area contributed by atoms with Crippen molar-refractivity contribution in [3.63, 3.8) is 0 Å². The number of halogens is 2. The van der Waals surface area contributed by atoms with E-state index in [1.54, 1.807) is 4.90 Å². The van der Waals surface area contributed by atoms with Crippen LogP contribution < -0.4 is 0 Å². The average molecular weight is 427 g/mol. The lowest BCUT2D eigenvalue weighted by Crippen LogP contribution is -2.37. The number of hydrogen-bond donors (Lipinski definition) is 1. The van der Waals surface area contributed by atoms with Crippen LogP contribution in [0.4, 0.5) is 0 Å². The minimum absolute atomic E-state index is 0.0318. The minimum Gasteiger partial charge on any atom is -0.439 e. The second-order valence-electron chi connectivity index (χ2n) is 6.42. The third kappa shape index (κ3) is 3.33. The van der Waals surface area contributed by atoms with Gasteiger partial charge in [0.25, 0.3) is 0 Å². The van der Waals surface area contributed by atoms with Crippen LogP contribution in [0.1, 0.15) is 17.9 Å². The third-order valence-corrected chi connectivity index (χ3v) is 5.89. The standard InChI is InChI=1S/C17H17BrClN3O3/c18-12-3-1-2-11(16(12)19)17-20-13-7-22(8-14(13)25-17)15(24)9-21-5-4-10(23)6-21/h1-3,10,23H,4-9H2/t10-/m1/s1. The summed E-state index contributed by atoms with van der Waals surface area (Å²) in [6, 6.07) is 5.59. The molecule has 0 saturated carbocycles. The van der Waals surface area contributed by atoms with Gasteiger partial charge in [0.1, 0.15) is 11.5 Å². The summed E-state index contributed by atoms with van der Waals surface area (Å²) < 4.78 is 6.64. The molecule has 4 rings (SSSR count). The topological polar surface area (TPSA) is 69.8 Å². The number of aliphatic hydroxyl groups is 1. The SMILES string of the molecule is O=C(CN1CC[C@@H](O)C1)N1Cc2nc(-c3cccc(Br)c3Cl)oc2C1. The predicted octanol–water partition coefficient (Wildman–Crippen LogP) is 2.67. The van der Waals surface area contributed by atoms with Crippen LogP contribution in [0.5, 0.6) is 0 Å². The Kier molecular flexibility index (Phi) is 4.58. The first-order valence-electron chi connectivity index (χ1n) is 8.12. The van der Waals surface area contributed by atoms with Crippen LogP contribution >= 0.6 is 27.5 Å². The van der Waals surface area contributed by atoms with Crippen LogP contribution in [0.25, 0.3) is 11.5 Å². The number of likely N-dealkylation sites (tertiary alicyclic amines) is 1. The molecule has 1 atom stereocenters. The van der Waals surface area contributed by atoms with Gasteiger partial charge in [0.15, 0.2) is 0 Å². The Bertz CT molecular complexity index is 802. The van der Waals surface area contributed by atoms with E-state index in [0.717, 1.165) is 28.7 Å². The summed E-state index contributed by atoms with van der Waals surface area (Å²) in [5, 5.41) is 10.1. The van der Waals surface area contributed by atoms with Gasteiger partial charge in [-0.15, -0.1) is 0 Å². The molecule has 0 radical (unpaired) electrons. The van der Waals surface area contributed by atoms with Gasteiger partial charge in [-0.3, -0.25) is 9.69 Å². The average Bonchev–Trinajstić information content (AvgIpc) is 3.24. The Morgan fingerprint density at radius 1 is 1.44 bits per heavy atom. The zero-order valence-corrected chi connectivity index (χ0v) is 15.8. The fourth-order valence-electron chi connectivity index (χ4n) is 3.25. The number of rotatable bonds is 3. The number of aliphatic hydroxyl groups excluding tert-OH is 1. The lowest BCUT2D eigenvalue weighted by atomic mass is 10.2. The van der Waals surface area contributed by atoms with Gasteiger partial charge in [0, 0.05) is 17.6 Å². The van der Waals surface area contributed by atoms with E-state index in [0.29, 0.717) is 42.9 Å². The Labute approximate surface area is 158 Å². The lowest BCUT2D eigenvalue weighted by Gasteiger charge is -2.20. The maximum absolute atomic E-state index is 12.4. The number of hydrogen-bond acceptors (Lipinski definition) is 5. The predicted molar refractivity (Wildman–Crippen MR) is 96.0 cm³/mol. The summed E-state index contributed by atoms with van der Waals surface area (Å²) in [5.74, 6) is 1.22. The minimum atomic E-state index is -0.319. The Hall–Kier alpha value is -1.41. The summed E-state index contributed by atoms with van der Waals surface area (Å²) in [5.41, 5.74) is 1.51. The van der Waals surface area contributed by atoms with E-state index in [2.05, 4.69) is 20.9 Å². The molecule has 0 bridgehead atoms. The van der Waals surface area contributed by atoms with Crippen LogP contribution in [0, 0.1) is 0 Å². The summed E-state index contributed by atoms with van der Waals surface area (Å²) in [7, 11) is 0. The molecule has 1 N–H and O–H groups in total. The van der Waals surface area contributed by atoms with Crippen molar-refractivity contribution in [3.8, 4) is 11.5 Å². The van der Waals surface area contributed by atoms with Gasteiger partial charge in [-0.1, -0.05) is 17.7 Å². The van der Waals surface area contributed by atoms with Crippen LogP contribution in [-0.2, 0) is 17.9 Å². The second kappa shape index (κ2) is 6.72. The van der Waals surface area contributed by atoms with E-state index in [-0.39, 0.29) is 12.0 Å². The lowest BCUT2D eigenvalue weighted by molar-refractivity contribution is -0.133. The van der Waals surface area contributed by atoms with Crippen molar-refractivity contribution in [2.75, 3.05) is 19.6 Å². The molecule has 1 aromatic carbocycles. The Morgan fingerprint density at radius 2 is 2.28 bits per heavy atom. The molecule has 2 aromatic rings. The van der Waals surface area contributed by atoms with E-state index in [1.807, 2.05) is 23.1 Å². The van der Waals surface area contributed by atoms with Crippen molar-refractivity contribution in [1.29, 1.82) is 0 Å². The number of benzene rings is 1. The molecule has 1 saturated heterocycles. The molecule has 1 aromatic heterocycles. The number of carbonyl (C=O) groups excluding carboxylic acids is 1. The molecule has 0 spiro atoms. The normalized spacial score (nSPS) is 20.3. The molecule has 8 heteroatoms. The summed E-state index contributed by atoms with van der Waals surface area (Å²) in [4.78, 5) is 20.7. The van der Waals surface area contributed by atoms with E-state index in [9.17, 15) is 9.90 Å². The molecule has 1 fully saturated rings. The molecule has 0 unspecified atom stereocenters. The number of amides is 1. The van der Waals surface area contributed by atoms with E-state index in [1.165, 1.54) is 0 Å². The van der Waals surface area contributed by atoms with Gasteiger partial charge in [-0.25, -0.2) is 4.98 Å². The zero-order chi connectivity index (χ0) is 17.6. The van der Waals surface area contributed by atoms with Crippen LogP contribution in [0.3, 0.4) is 0 Å². The number of fused-ring (bicyclic) bond motifs is 1. The van der Waals surface area contributed by atoms with Gasteiger partial charge in [0.05, 0.1) is 36.3 Å². The molecular formula is C17H17BrClN3O3. The first-order chi connectivity index (χ1) is 12.0. The molecule has 0 aliphatic carbocycles. The van der Waals surface area contributed by atoms with Crippen molar-refractivity contribution in [1.82, 2.24) is 14.8 Å². The van der Waals surface area contributed by atoms with Crippen molar-refractivity contribution in [2.45, 2.75) is 25.6 Å². The van der Waals surface area contributed by atoms with Gasteiger partial charge < -0.3 is 14.4 Å². The summed E-state index contributed by atoms with van der Waals surface area (Å²) in [6.45, 7) is 2.51. The van der Waals surface area contributed by atoms with Crippen molar-refractivity contribution >= 4 is 33.4 Å². The second-order valence-corrected chi connectivity index (χ2v) is 7.65. The molecule has 6 nitrogen and oxygen atoms in total. The molecule has 2 aliphatic rings. The fourth-order valence-corrected chi connectivity index (χ4v) is 3.82. The monoisotopic (exact) mass is 425 g/mol. The highest BCUT2D eigenvalue weighted by Gasteiger charge is 2.31. The first-order valence-corrected chi connectivity index (χ1v) is 9.29. The van der Waals surface area contributed by atoms with Gasteiger partial charge in [-0.2, -0.15) is 0 Å². The molecule has 1 amide bonds. The zero-order valence-electron chi connectivity index (χ0n) is 13.4. The highest BCUT2D eigenvalue weighted by Crippen LogP contribution is 2.35. The molecule has 2 aliphatic heterocycles. The van der Waals surface area contributed by atoms with Crippen molar-refractivity contribution in [3.05, 3.63) is 39.1 Å². The number of oxazole rings is 1. The highest BCUT2D eigenvalue weighted by molar-refractivity contribution is 9.10. The van der Waals surface area contributed by atoms with E-state index >= 15 is 0 Å². The van der Waals surface area contributed by atoms with Crippen LogP contribution in [0.2, 0.25) is 5.02 Å². The summed E-state index contributed by atoms with van der Waals surface area (Å²) >= 11 is 9.70. The molecule has 3 heterocycles. The Balaban J connectivity index is 1.45. The number of nitrogens with zero attached hydrogens (tertiary/aromatic N) is 3. The van der Waals surface area contributed by atoms with E-state index < -0.39 is 0 Å². The van der Waals surface area contributed by atoms with Gasteiger partial charge in [-0.05, 0) is 34.5 Å². The maximum Gasteiger partial charge on any atom is 0.237 e. The Morgan fingerprint density at radius 3 is 3.00 bits per heavy atom. The molecule has 132 valence electrons. The fraction of sp³-hybridized carbons (Fsp3) is 0.412. The number of carbonyl (C=O) groups is 1. The largest absolute Gasteiger partial charge is 0.439 e. The summed E-state index contributed by atoms with van der Waals surface area (Å²) in [6.07, 6.45) is 0.409. The van der Waals surface area contributed by atoms with Crippen LogP contribution in [-0.4, -0.2) is 51.5 Å². The van der Waals surface area contributed by atoms with Crippen molar-refractivity contribution in [2.24, 2.45) is 0 Å². The van der Waals surface area contributed by atoms with Crippen molar-refractivity contribution < 1.29 is 14.3 Å². The first kappa shape index (κ1) is 17.0. The molecular weight excluding hydrogens is 410 g/mol. The number of aromatic nitrogens is 1. The van der Waals surface area contributed by atoms with Gasteiger partial charge in [0.2, 0.25) is 11.8 Å².